The molecule has 2 aliphatic rings. The van der Waals surface area contributed by atoms with Gasteiger partial charge in [-0.3, -0.25) is 4.90 Å². The Morgan fingerprint density at radius 2 is 1.36 bits per heavy atom. The summed E-state index contributed by atoms with van der Waals surface area (Å²) in [7, 11) is 0. The Labute approximate surface area is 128 Å². The molecule has 0 N–H and O–H groups in total. The highest BCUT2D eigenvalue weighted by Gasteiger charge is 2.38. The third-order valence-corrected chi connectivity index (χ3v) is 4.84. The molecular weight excluding hydrogens is 280 g/mol. The summed E-state index contributed by atoms with van der Waals surface area (Å²) in [5.74, 6) is 0.367. The Balaban J connectivity index is 1.68. The van der Waals surface area contributed by atoms with Gasteiger partial charge in [0, 0.05) is 31.5 Å². The lowest BCUT2D eigenvalue weighted by Gasteiger charge is -2.25. The molecule has 4 rings (SSSR count). The van der Waals surface area contributed by atoms with E-state index in [1.165, 1.54) is 35.4 Å². The van der Waals surface area contributed by atoms with Crippen molar-refractivity contribution in [2.24, 2.45) is 5.92 Å². The minimum absolute atomic E-state index is 0.195. The van der Waals surface area contributed by atoms with Crippen molar-refractivity contribution >= 4 is 5.57 Å². The second-order valence-corrected chi connectivity index (χ2v) is 6.15. The van der Waals surface area contributed by atoms with Crippen molar-refractivity contribution in [2.75, 3.05) is 19.6 Å². The van der Waals surface area contributed by atoms with E-state index in [0.717, 1.165) is 25.2 Å². The average Bonchev–Trinajstić information content (AvgIpc) is 2.87. The molecule has 0 aromatic heterocycles. The van der Waals surface area contributed by atoms with E-state index < -0.39 is 0 Å². The second kappa shape index (κ2) is 5.33. The van der Waals surface area contributed by atoms with Gasteiger partial charge in [-0.05, 0) is 41.0 Å². The van der Waals surface area contributed by atoms with Crippen LogP contribution in [0.1, 0.15) is 17.0 Å². The van der Waals surface area contributed by atoms with Crippen molar-refractivity contribution in [3.8, 4) is 0 Å². The van der Waals surface area contributed by atoms with Gasteiger partial charge in [0.25, 0.3) is 0 Å². The molecule has 0 aliphatic carbocycles. The Morgan fingerprint density at radius 3 is 2.05 bits per heavy atom. The molecular formula is C19H17F2N. The largest absolute Gasteiger partial charge is 0.298 e. The summed E-state index contributed by atoms with van der Waals surface area (Å²) < 4.78 is 26.3. The van der Waals surface area contributed by atoms with E-state index in [2.05, 4.69) is 11.0 Å². The highest BCUT2D eigenvalue weighted by atomic mass is 19.1. The lowest BCUT2D eigenvalue weighted by molar-refractivity contribution is 0.360. The number of fused-ring (bicyclic) bond motifs is 2. The van der Waals surface area contributed by atoms with Crippen LogP contribution in [0.2, 0.25) is 0 Å². The molecule has 2 aromatic rings. The first-order valence-corrected chi connectivity index (χ1v) is 7.64. The van der Waals surface area contributed by atoms with Gasteiger partial charge in [-0.15, -0.1) is 0 Å². The van der Waals surface area contributed by atoms with E-state index in [1.807, 2.05) is 24.3 Å². The zero-order chi connectivity index (χ0) is 15.1. The first-order valence-electron chi connectivity index (χ1n) is 7.64. The van der Waals surface area contributed by atoms with E-state index in [1.54, 1.807) is 0 Å². The summed E-state index contributed by atoms with van der Waals surface area (Å²) >= 11 is 0. The lowest BCUT2D eigenvalue weighted by atomic mass is 9.80. The quantitative estimate of drug-likeness (QED) is 0.807. The highest BCUT2D eigenvalue weighted by Crippen LogP contribution is 2.43. The van der Waals surface area contributed by atoms with Crippen LogP contribution in [0, 0.1) is 17.6 Å². The van der Waals surface area contributed by atoms with Gasteiger partial charge in [0.05, 0.1) is 0 Å². The third kappa shape index (κ3) is 2.35. The molecule has 2 aliphatic heterocycles. The Bertz CT molecular complexity index is 703. The molecule has 2 aromatic carbocycles. The van der Waals surface area contributed by atoms with Crippen LogP contribution < -0.4 is 0 Å². The van der Waals surface area contributed by atoms with Crippen LogP contribution in [0.4, 0.5) is 8.78 Å². The van der Waals surface area contributed by atoms with Crippen molar-refractivity contribution in [1.29, 1.82) is 0 Å². The number of hydrogen-bond acceptors (Lipinski definition) is 1. The summed E-state index contributed by atoms with van der Waals surface area (Å²) in [6, 6.07) is 13.6. The number of halogens is 2. The van der Waals surface area contributed by atoms with Crippen molar-refractivity contribution in [3.63, 3.8) is 0 Å². The standard InChI is InChI=1S/C19H17F2N/c20-15-5-1-13(2-6-15)17-9-10-22-11-18(19(17)12-22)14-3-7-16(21)8-4-14/h1-9,18-19H,10-12H2/t18-,19+/m0/s1. The third-order valence-electron chi connectivity index (χ3n) is 4.84. The molecule has 1 unspecified atom stereocenters. The van der Waals surface area contributed by atoms with Gasteiger partial charge in [0.1, 0.15) is 11.6 Å². The topological polar surface area (TPSA) is 3.24 Å². The van der Waals surface area contributed by atoms with Crippen LogP contribution in [-0.2, 0) is 0 Å². The SMILES string of the molecule is Fc1ccc(C2=CCN3C[C@H]2[C@H](c2ccc(F)cc2)C3)cc1. The molecule has 0 saturated carbocycles. The summed E-state index contributed by atoms with van der Waals surface area (Å²) in [5, 5.41) is 0. The zero-order valence-electron chi connectivity index (χ0n) is 12.2. The summed E-state index contributed by atoms with van der Waals surface area (Å²) in [6.45, 7) is 2.95. The van der Waals surface area contributed by atoms with E-state index in [9.17, 15) is 8.78 Å². The van der Waals surface area contributed by atoms with E-state index in [0.29, 0.717) is 11.8 Å². The van der Waals surface area contributed by atoms with Crippen molar-refractivity contribution in [3.05, 3.63) is 77.4 Å². The molecule has 0 amide bonds. The molecule has 1 nitrogen and oxygen atoms in total. The van der Waals surface area contributed by atoms with Crippen LogP contribution in [0.5, 0.6) is 0 Å². The fourth-order valence-corrected chi connectivity index (χ4v) is 3.75. The summed E-state index contributed by atoms with van der Waals surface area (Å²) in [5.41, 5.74) is 3.58. The summed E-state index contributed by atoms with van der Waals surface area (Å²) in [6.07, 6.45) is 2.25. The minimum Gasteiger partial charge on any atom is -0.298 e. The molecule has 2 heterocycles. The van der Waals surface area contributed by atoms with Gasteiger partial charge in [-0.1, -0.05) is 30.3 Å². The molecule has 1 saturated heterocycles. The van der Waals surface area contributed by atoms with Gasteiger partial charge in [0.15, 0.2) is 0 Å². The van der Waals surface area contributed by atoms with Crippen LogP contribution in [0.25, 0.3) is 5.57 Å². The molecule has 22 heavy (non-hydrogen) atoms. The fraction of sp³-hybridized carbons (Fsp3) is 0.263. The van der Waals surface area contributed by atoms with Gasteiger partial charge < -0.3 is 0 Å². The normalized spacial score (nSPS) is 26.8. The zero-order valence-corrected chi connectivity index (χ0v) is 12.2. The number of nitrogens with zero attached hydrogens (tertiary/aromatic N) is 1. The molecule has 112 valence electrons. The Kier molecular flexibility index (Phi) is 3.30. The monoisotopic (exact) mass is 297 g/mol. The smallest absolute Gasteiger partial charge is 0.123 e. The maximum atomic E-state index is 13.2. The van der Waals surface area contributed by atoms with Crippen LogP contribution in [0.3, 0.4) is 0 Å². The predicted octanol–water partition coefficient (Wildman–Crippen LogP) is 4.08. The van der Waals surface area contributed by atoms with Crippen molar-refractivity contribution in [1.82, 2.24) is 4.90 Å². The highest BCUT2D eigenvalue weighted by molar-refractivity contribution is 5.70. The van der Waals surface area contributed by atoms with Crippen LogP contribution >= 0.6 is 0 Å². The Morgan fingerprint density at radius 1 is 0.773 bits per heavy atom. The van der Waals surface area contributed by atoms with Gasteiger partial charge in [-0.2, -0.15) is 0 Å². The predicted molar refractivity (Wildman–Crippen MR) is 83.4 cm³/mol. The van der Waals surface area contributed by atoms with E-state index >= 15 is 0 Å². The average molecular weight is 297 g/mol. The summed E-state index contributed by atoms with van der Waals surface area (Å²) in [4.78, 5) is 2.42. The number of hydrogen-bond donors (Lipinski definition) is 0. The van der Waals surface area contributed by atoms with E-state index in [4.69, 9.17) is 0 Å². The molecule has 2 bridgehead atoms. The molecule has 0 radical (unpaired) electrons. The van der Waals surface area contributed by atoms with Crippen LogP contribution in [-0.4, -0.2) is 24.5 Å². The minimum atomic E-state index is -0.205. The first kappa shape index (κ1) is 13.6. The number of benzene rings is 2. The molecule has 3 atom stereocenters. The van der Waals surface area contributed by atoms with Crippen molar-refractivity contribution < 1.29 is 8.78 Å². The van der Waals surface area contributed by atoms with Crippen molar-refractivity contribution in [2.45, 2.75) is 5.92 Å². The maximum Gasteiger partial charge on any atom is 0.123 e. The van der Waals surface area contributed by atoms with Gasteiger partial charge >= 0.3 is 0 Å². The molecule has 3 heteroatoms. The second-order valence-electron chi connectivity index (χ2n) is 6.15. The van der Waals surface area contributed by atoms with Gasteiger partial charge in [-0.25, -0.2) is 8.78 Å². The first-order chi connectivity index (χ1) is 10.7. The number of rotatable bonds is 2. The van der Waals surface area contributed by atoms with Gasteiger partial charge in [0.2, 0.25) is 0 Å². The fourth-order valence-electron chi connectivity index (χ4n) is 3.75. The van der Waals surface area contributed by atoms with Crippen LogP contribution in [0.15, 0.2) is 54.6 Å². The maximum absolute atomic E-state index is 13.2. The molecule has 0 spiro atoms. The van der Waals surface area contributed by atoms with E-state index in [-0.39, 0.29) is 11.6 Å². The molecule has 1 fully saturated rings. The lowest BCUT2D eigenvalue weighted by Crippen LogP contribution is -2.24. The Hall–Kier alpha value is -2.00.